The molecular weight excluding hydrogens is 294 g/mol. The number of hydrogen-bond acceptors (Lipinski definition) is 3. The summed E-state index contributed by atoms with van der Waals surface area (Å²) in [4.78, 5) is 25.2. The summed E-state index contributed by atoms with van der Waals surface area (Å²) in [6.45, 7) is 6.66. The lowest BCUT2D eigenvalue weighted by Crippen LogP contribution is -2.39. The van der Waals surface area contributed by atoms with E-state index in [0.29, 0.717) is 13.0 Å². The molecule has 0 aromatic heterocycles. The number of carboxylic acid groups (broad SMARTS) is 2. The Kier molecular flexibility index (Phi) is 9.49. The molecule has 0 unspecified atom stereocenters. The minimum atomic E-state index is -1.73. The molecule has 0 amide bonds. The van der Waals surface area contributed by atoms with Crippen molar-refractivity contribution >= 4 is 11.9 Å². The third-order valence-electron chi connectivity index (χ3n) is 3.92. The summed E-state index contributed by atoms with van der Waals surface area (Å²) < 4.78 is 0. The second-order valence-electron chi connectivity index (χ2n) is 6.67. The highest BCUT2D eigenvalue weighted by Crippen LogP contribution is 2.31. The molecule has 0 aromatic carbocycles. The Balaban J connectivity index is 4.97. The van der Waals surface area contributed by atoms with Crippen molar-refractivity contribution in [2.45, 2.75) is 52.9 Å². The van der Waals surface area contributed by atoms with Crippen LogP contribution in [0.25, 0.3) is 0 Å². The first-order chi connectivity index (χ1) is 10.6. The molecule has 0 aliphatic carbocycles. The van der Waals surface area contributed by atoms with Crippen LogP contribution in [0.2, 0.25) is 0 Å². The van der Waals surface area contributed by atoms with Crippen molar-refractivity contribution in [1.29, 1.82) is 0 Å². The highest BCUT2D eigenvalue weighted by molar-refractivity contribution is 5.98. The SMILES string of the molecule is CC(C)=CCC/C(C)=C/CC(CCCN(C)C)(C(=O)O)C(=O)O. The Hall–Kier alpha value is -1.62. The summed E-state index contributed by atoms with van der Waals surface area (Å²) in [6.07, 6.45) is 6.30. The molecule has 2 N–H and O–H groups in total. The topological polar surface area (TPSA) is 77.8 Å². The zero-order chi connectivity index (χ0) is 18.0. The van der Waals surface area contributed by atoms with E-state index in [9.17, 15) is 19.8 Å². The lowest BCUT2D eigenvalue weighted by atomic mass is 9.79. The first-order valence-electron chi connectivity index (χ1n) is 8.02. The standard InChI is InChI=1S/C18H31NO4/c1-14(2)8-6-9-15(3)10-12-18(16(20)21,17(22)23)11-7-13-19(4)5/h8,10H,6-7,9,11-13H2,1-5H3,(H,20,21)(H,22,23)/b15-10+. The summed E-state index contributed by atoms with van der Waals surface area (Å²) in [5.74, 6) is -2.51. The van der Waals surface area contributed by atoms with Crippen LogP contribution in [0.4, 0.5) is 0 Å². The van der Waals surface area contributed by atoms with Gasteiger partial charge in [-0.2, -0.15) is 0 Å². The summed E-state index contributed by atoms with van der Waals surface area (Å²) in [5.41, 5.74) is 0.544. The van der Waals surface area contributed by atoms with Gasteiger partial charge in [0.15, 0.2) is 5.41 Å². The zero-order valence-electron chi connectivity index (χ0n) is 15.1. The van der Waals surface area contributed by atoms with Crippen molar-refractivity contribution in [3.63, 3.8) is 0 Å². The van der Waals surface area contributed by atoms with Crippen molar-refractivity contribution in [2.24, 2.45) is 5.41 Å². The minimum Gasteiger partial charge on any atom is -0.480 e. The van der Waals surface area contributed by atoms with E-state index in [4.69, 9.17) is 0 Å². The van der Waals surface area contributed by atoms with E-state index in [-0.39, 0.29) is 12.8 Å². The maximum atomic E-state index is 11.6. The van der Waals surface area contributed by atoms with Gasteiger partial charge in [-0.3, -0.25) is 9.59 Å². The van der Waals surface area contributed by atoms with Gasteiger partial charge in [-0.25, -0.2) is 0 Å². The van der Waals surface area contributed by atoms with E-state index >= 15 is 0 Å². The average molecular weight is 325 g/mol. The van der Waals surface area contributed by atoms with E-state index in [1.165, 1.54) is 5.57 Å². The molecule has 5 heteroatoms. The predicted octanol–water partition coefficient (Wildman–Crippen LogP) is 3.57. The molecule has 23 heavy (non-hydrogen) atoms. The van der Waals surface area contributed by atoms with Crippen LogP contribution in [0, 0.1) is 5.41 Å². The number of aliphatic carboxylic acids is 2. The second kappa shape index (κ2) is 10.2. The molecule has 0 aliphatic rings. The van der Waals surface area contributed by atoms with Gasteiger partial charge >= 0.3 is 11.9 Å². The van der Waals surface area contributed by atoms with E-state index < -0.39 is 17.4 Å². The van der Waals surface area contributed by atoms with Crippen LogP contribution < -0.4 is 0 Å². The number of hydrogen-bond donors (Lipinski definition) is 2. The van der Waals surface area contributed by atoms with Crippen molar-refractivity contribution in [3.05, 3.63) is 23.3 Å². The summed E-state index contributed by atoms with van der Waals surface area (Å²) >= 11 is 0. The molecule has 0 heterocycles. The summed E-state index contributed by atoms with van der Waals surface area (Å²) in [7, 11) is 3.77. The summed E-state index contributed by atoms with van der Waals surface area (Å²) in [5, 5.41) is 19.0. The fourth-order valence-electron chi connectivity index (χ4n) is 2.32. The predicted molar refractivity (Wildman–Crippen MR) is 92.5 cm³/mol. The zero-order valence-corrected chi connectivity index (χ0v) is 15.1. The third-order valence-corrected chi connectivity index (χ3v) is 3.92. The molecule has 0 radical (unpaired) electrons. The molecule has 0 aliphatic heterocycles. The van der Waals surface area contributed by atoms with Crippen molar-refractivity contribution in [2.75, 3.05) is 20.6 Å². The fraction of sp³-hybridized carbons (Fsp3) is 0.667. The lowest BCUT2D eigenvalue weighted by molar-refractivity contribution is -0.165. The molecule has 0 bridgehead atoms. The van der Waals surface area contributed by atoms with Gasteiger partial charge in [0.2, 0.25) is 0 Å². The van der Waals surface area contributed by atoms with E-state index in [1.54, 1.807) is 6.08 Å². The van der Waals surface area contributed by atoms with Gasteiger partial charge in [0.05, 0.1) is 0 Å². The Morgan fingerprint density at radius 1 is 1.04 bits per heavy atom. The maximum absolute atomic E-state index is 11.6. The number of rotatable bonds is 11. The van der Waals surface area contributed by atoms with Gasteiger partial charge in [-0.05, 0) is 73.5 Å². The lowest BCUT2D eigenvalue weighted by Gasteiger charge is -2.24. The smallest absolute Gasteiger partial charge is 0.321 e. The molecule has 0 aromatic rings. The maximum Gasteiger partial charge on any atom is 0.321 e. The van der Waals surface area contributed by atoms with Crippen molar-refractivity contribution < 1.29 is 19.8 Å². The summed E-state index contributed by atoms with van der Waals surface area (Å²) in [6, 6.07) is 0. The minimum absolute atomic E-state index is 0.0335. The van der Waals surface area contributed by atoms with Crippen LogP contribution in [0.3, 0.4) is 0 Å². The Morgan fingerprint density at radius 2 is 1.61 bits per heavy atom. The van der Waals surface area contributed by atoms with Crippen molar-refractivity contribution in [3.8, 4) is 0 Å². The van der Waals surface area contributed by atoms with Crippen molar-refractivity contribution in [1.82, 2.24) is 4.90 Å². The van der Waals surface area contributed by atoms with Crippen LogP contribution in [0.1, 0.15) is 52.9 Å². The highest BCUT2D eigenvalue weighted by atomic mass is 16.4. The largest absolute Gasteiger partial charge is 0.480 e. The van der Waals surface area contributed by atoms with Gasteiger partial charge in [0.1, 0.15) is 0 Å². The molecular formula is C18H31NO4. The van der Waals surface area contributed by atoms with Gasteiger partial charge in [-0.15, -0.1) is 0 Å². The molecule has 0 rings (SSSR count). The van der Waals surface area contributed by atoms with Gasteiger partial charge in [0, 0.05) is 0 Å². The Labute approximate surface area is 139 Å². The second-order valence-corrected chi connectivity index (χ2v) is 6.67. The van der Waals surface area contributed by atoms with Gasteiger partial charge in [0.25, 0.3) is 0 Å². The fourth-order valence-corrected chi connectivity index (χ4v) is 2.32. The third kappa shape index (κ3) is 7.98. The number of allylic oxidation sites excluding steroid dienone is 4. The van der Waals surface area contributed by atoms with E-state index in [0.717, 1.165) is 18.4 Å². The molecule has 5 nitrogen and oxygen atoms in total. The van der Waals surface area contributed by atoms with Crippen LogP contribution in [-0.4, -0.2) is 47.7 Å². The Bertz CT molecular complexity index is 446. The first-order valence-corrected chi connectivity index (χ1v) is 8.02. The number of carbonyl (C=O) groups is 2. The number of nitrogens with zero attached hydrogens (tertiary/aromatic N) is 1. The molecule has 132 valence electrons. The Morgan fingerprint density at radius 3 is 2.04 bits per heavy atom. The quantitative estimate of drug-likeness (QED) is 0.448. The molecule has 0 saturated carbocycles. The van der Waals surface area contributed by atoms with Crippen LogP contribution in [-0.2, 0) is 9.59 Å². The number of carboxylic acids is 2. The average Bonchev–Trinajstić information content (AvgIpc) is 2.41. The molecule has 0 fully saturated rings. The highest BCUT2D eigenvalue weighted by Gasteiger charge is 2.45. The van der Waals surface area contributed by atoms with Crippen LogP contribution in [0.15, 0.2) is 23.3 Å². The van der Waals surface area contributed by atoms with E-state index in [2.05, 4.69) is 6.08 Å². The van der Waals surface area contributed by atoms with Gasteiger partial charge < -0.3 is 15.1 Å². The monoisotopic (exact) mass is 325 g/mol. The molecule has 0 saturated heterocycles. The first kappa shape index (κ1) is 21.4. The molecule has 0 atom stereocenters. The van der Waals surface area contributed by atoms with Crippen LogP contribution >= 0.6 is 0 Å². The van der Waals surface area contributed by atoms with E-state index in [1.807, 2.05) is 39.8 Å². The van der Waals surface area contributed by atoms with Gasteiger partial charge in [-0.1, -0.05) is 23.3 Å². The molecule has 0 spiro atoms. The normalized spacial score (nSPS) is 12.3. The van der Waals surface area contributed by atoms with Crippen LogP contribution in [0.5, 0.6) is 0 Å².